The Balaban J connectivity index is 2.75. The van der Waals surface area contributed by atoms with Crippen molar-refractivity contribution in [2.45, 2.75) is 32.4 Å². The molecule has 1 unspecified atom stereocenters. The molecule has 0 bridgehead atoms. The molecule has 100 valence electrons. The maximum absolute atomic E-state index is 11.7. The standard InChI is InChI=1S/C13H20BrN3O/c1-3-6-12(13(18)16-15)17(2)9-10-7-4-5-8-11(10)14/h4-5,7-8,12H,3,6,9,15H2,1-2H3,(H,16,18). The summed E-state index contributed by atoms with van der Waals surface area (Å²) in [4.78, 5) is 13.7. The Morgan fingerprint density at radius 1 is 1.50 bits per heavy atom. The number of rotatable bonds is 6. The maximum atomic E-state index is 11.7. The van der Waals surface area contributed by atoms with Crippen molar-refractivity contribution < 1.29 is 4.79 Å². The fourth-order valence-electron chi connectivity index (χ4n) is 1.93. The van der Waals surface area contributed by atoms with Crippen molar-refractivity contribution in [3.05, 3.63) is 34.3 Å². The highest BCUT2D eigenvalue weighted by molar-refractivity contribution is 9.10. The second-order valence-electron chi connectivity index (χ2n) is 4.32. The lowest BCUT2D eigenvalue weighted by Gasteiger charge is -2.26. The summed E-state index contributed by atoms with van der Waals surface area (Å²) >= 11 is 3.52. The molecule has 1 amide bonds. The third-order valence-corrected chi connectivity index (χ3v) is 3.69. The monoisotopic (exact) mass is 313 g/mol. The van der Waals surface area contributed by atoms with Gasteiger partial charge in [-0.05, 0) is 25.1 Å². The molecule has 0 aliphatic rings. The first-order valence-electron chi connectivity index (χ1n) is 6.04. The van der Waals surface area contributed by atoms with Gasteiger partial charge in [0.1, 0.15) is 0 Å². The number of carbonyl (C=O) groups excluding carboxylic acids is 1. The lowest BCUT2D eigenvalue weighted by Crippen LogP contribution is -2.47. The molecule has 0 saturated heterocycles. The molecule has 0 fully saturated rings. The fourth-order valence-corrected chi connectivity index (χ4v) is 2.34. The van der Waals surface area contributed by atoms with Gasteiger partial charge in [0.05, 0.1) is 6.04 Å². The lowest BCUT2D eigenvalue weighted by atomic mass is 10.1. The van der Waals surface area contributed by atoms with Crippen LogP contribution in [0.2, 0.25) is 0 Å². The van der Waals surface area contributed by atoms with Crippen LogP contribution in [0, 0.1) is 0 Å². The van der Waals surface area contributed by atoms with Crippen molar-refractivity contribution in [1.82, 2.24) is 10.3 Å². The van der Waals surface area contributed by atoms with Crippen molar-refractivity contribution in [1.29, 1.82) is 0 Å². The zero-order valence-electron chi connectivity index (χ0n) is 10.8. The average Bonchev–Trinajstić information content (AvgIpc) is 2.37. The van der Waals surface area contributed by atoms with Crippen molar-refractivity contribution in [3.8, 4) is 0 Å². The van der Waals surface area contributed by atoms with Gasteiger partial charge in [-0.2, -0.15) is 0 Å². The van der Waals surface area contributed by atoms with E-state index in [9.17, 15) is 4.79 Å². The summed E-state index contributed by atoms with van der Waals surface area (Å²) in [6, 6.07) is 7.83. The first-order valence-corrected chi connectivity index (χ1v) is 6.83. The molecular formula is C13H20BrN3O. The topological polar surface area (TPSA) is 58.4 Å². The molecule has 4 nitrogen and oxygen atoms in total. The number of carbonyl (C=O) groups is 1. The van der Waals surface area contributed by atoms with Crippen LogP contribution >= 0.6 is 15.9 Å². The smallest absolute Gasteiger partial charge is 0.251 e. The van der Waals surface area contributed by atoms with Gasteiger partial charge in [-0.25, -0.2) is 5.84 Å². The zero-order valence-corrected chi connectivity index (χ0v) is 12.4. The van der Waals surface area contributed by atoms with Gasteiger partial charge in [0.15, 0.2) is 0 Å². The molecule has 5 heteroatoms. The van der Waals surface area contributed by atoms with Gasteiger partial charge in [0.25, 0.3) is 5.91 Å². The van der Waals surface area contributed by atoms with Crippen LogP contribution in [0.5, 0.6) is 0 Å². The van der Waals surface area contributed by atoms with E-state index < -0.39 is 0 Å². The Hall–Kier alpha value is -0.910. The van der Waals surface area contributed by atoms with Gasteiger partial charge in [0, 0.05) is 11.0 Å². The number of hydrazine groups is 1. The molecule has 0 saturated carbocycles. The number of likely N-dealkylation sites (N-methyl/N-ethyl adjacent to an activating group) is 1. The Kier molecular flexibility index (Phi) is 6.32. The predicted octanol–water partition coefficient (Wildman–Crippen LogP) is 2.04. The minimum Gasteiger partial charge on any atom is -0.293 e. The minimum absolute atomic E-state index is 0.133. The summed E-state index contributed by atoms with van der Waals surface area (Å²) in [5, 5.41) is 0. The molecule has 0 spiro atoms. The zero-order chi connectivity index (χ0) is 13.5. The molecule has 3 N–H and O–H groups in total. The number of amides is 1. The van der Waals surface area contributed by atoms with Crippen LogP contribution in [-0.4, -0.2) is 23.9 Å². The molecule has 1 atom stereocenters. The molecule has 0 aliphatic heterocycles. The van der Waals surface area contributed by atoms with Gasteiger partial charge in [-0.1, -0.05) is 47.5 Å². The number of halogens is 1. The first kappa shape index (κ1) is 15.1. The van der Waals surface area contributed by atoms with Crippen LogP contribution in [0.1, 0.15) is 25.3 Å². The van der Waals surface area contributed by atoms with Crippen molar-refractivity contribution >= 4 is 21.8 Å². The second-order valence-corrected chi connectivity index (χ2v) is 5.17. The SMILES string of the molecule is CCCC(C(=O)NN)N(C)Cc1ccccc1Br. The maximum Gasteiger partial charge on any atom is 0.251 e. The normalized spacial score (nSPS) is 12.5. The lowest BCUT2D eigenvalue weighted by molar-refractivity contribution is -0.126. The van der Waals surface area contributed by atoms with Gasteiger partial charge in [0.2, 0.25) is 0 Å². The molecular weight excluding hydrogens is 294 g/mol. The molecule has 1 aromatic carbocycles. The number of nitrogens with two attached hydrogens (primary N) is 1. The number of hydrogen-bond donors (Lipinski definition) is 2. The van der Waals surface area contributed by atoms with E-state index in [-0.39, 0.29) is 11.9 Å². The van der Waals surface area contributed by atoms with E-state index in [0.29, 0.717) is 6.54 Å². The summed E-state index contributed by atoms with van der Waals surface area (Å²) < 4.78 is 1.06. The molecule has 0 radical (unpaired) electrons. The molecule has 1 aromatic rings. The Bertz CT molecular complexity index is 398. The van der Waals surface area contributed by atoms with E-state index in [1.807, 2.05) is 36.2 Å². The van der Waals surface area contributed by atoms with Gasteiger partial charge in [-0.15, -0.1) is 0 Å². The van der Waals surface area contributed by atoms with Crippen molar-refractivity contribution in [2.75, 3.05) is 7.05 Å². The molecule has 18 heavy (non-hydrogen) atoms. The third kappa shape index (κ3) is 4.08. The van der Waals surface area contributed by atoms with Crippen LogP contribution in [0.25, 0.3) is 0 Å². The number of nitrogens with one attached hydrogen (secondary N) is 1. The third-order valence-electron chi connectivity index (χ3n) is 2.92. The van der Waals surface area contributed by atoms with Gasteiger partial charge in [-0.3, -0.25) is 15.1 Å². The van der Waals surface area contributed by atoms with Crippen LogP contribution in [0.3, 0.4) is 0 Å². The Morgan fingerprint density at radius 2 is 2.17 bits per heavy atom. The summed E-state index contributed by atoms with van der Waals surface area (Å²) in [6.45, 7) is 2.77. The van der Waals surface area contributed by atoms with E-state index in [2.05, 4.69) is 28.3 Å². The van der Waals surface area contributed by atoms with Crippen LogP contribution in [0.4, 0.5) is 0 Å². The number of benzene rings is 1. The molecule has 0 heterocycles. The largest absolute Gasteiger partial charge is 0.293 e. The second kappa shape index (κ2) is 7.51. The van der Waals surface area contributed by atoms with E-state index >= 15 is 0 Å². The highest BCUT2D eigenvalue weighted by Crippen LogP contribution is 2.19. The number of hydrogen-bond acceptors (Lipinski definition) is 3. The highest BCUT2D eigenvalue weighted by Gasteiger charge is 2.21. The van der Waals surface area contributed by atoms with Crippen LogP contribution in [-0.2, 0) is 11.3 Å². The summed E-state index contributed by atoms with van der Waals surface area (Å²) in [5.74, 6) is 5.10. The van der Waals surface area contributed by atoms with Crippen molar-refractivity contribution in [3.63, 3.8) is 0 Å². The predicted molar refractivity (Wildman–Crippen MR) is 76.6 cm³/mol. The van der Waals surface area contributed by atoms with Gasteiger partial charge < -0.3 is 0 Å². The quantitative estimate of drug-likeness (QED) is 0.480. The molecule has 1 rings (SSSR count). The summed E-state index contributed by atoms with van der Waals surface area (Å²) in [5.41, 5.74) is 3.40. The van der Waals surface area contributed by atoms with Crippen LogP contribution in [0.15, 0.2) is 28.7 Å². The summed E-state index contributed by atoms with van der Waals surface area (Å²) in [7, 11) is 1.94. The van der Waals surface area contributed by atoms with E-state index in [1.54, 1.807) is 0 Å². The van der Waals surface area contributed by atoms with E-state index in [1.165, 1.54) is 0 Å². The van der Waals surface area contributed by atoms with E-state index in [0.717, 1.165) is 22.9 Å². The fraction of sp³-hybridized carbons (Fsp3) is 0.462. The summed E-state index contributed by atoms with van der Waals surface area (Å²) in [6.07, 6.45) is 1.74. The average molecular weight is 314 g/mol. The first-order chi connectivity index (χ1) is 8.60. The highest BCUT2D eigenvalue weighted by atomic mass is 79.9. The van der Waals surface area contributed by atoms with Gasteiger partial charge >= 0.3 is 0 Å². The Morgan fingerprint density at radius 3 is 2.72 bits per heavy atom. The Labute approximate surface area is 117 Å². The molecule has 0 aromatic heterocycles. The molecule has 0 aliphatic carbocycles. The van der Waals surface area contributed by atoms with Crippen LogP contribution < -0.4 is 11.3 Å². The number of nitrogens with zero attached hydrogens (tertiary/aromatic N) is 1. The minimum atomic E-state index is -0.188. The van der Waals surface area contributed by atoms with Crippen molar-refractivity contribution in [2.24, 2.45) is 5.84 Å². The van der Waals surface area contributed by atoms with E-state index in [4.69, 9.17) is 5.84 Å².